The van der Waals surface area contributed by atoms with Gasteiger partial charge in [-0.15, -0.1) is 0 Å². The Labute approximate surface area is 243 Å². The van der Waals surface area contributed by atoms with Gasteiger partial charge in [0.25, 0.3) is 0 Å². The molecule has 0 aromatic heterocycles. The zero-order valence-corrected chi connectivity index (χ0v) is 26.2. The van der Waals surface area contributed by atoms with Gasteiger partial charge in [-0.1, -0.05) is 154 Å². The van der Waals surface area contributed by atoms with Gasteiger partial charge in [0.1, 0.15) is 0 Å². The second kappa shape index (κ2) is 31.2. The molecule has 1 atom stereocenters. The quantitative estimate of drug-likeness (QED) is 0.0529. The van der Waals surface area contributed by atoms with Crippen LogP contribution < -0.4 is 0 Å². The van der Waals surface area contributed by atoms with Crippen molar-refractivity contribution in [2.24, 2.45) is 5.92 Å². The summed E-state index contributed by atoms with van der Waals surface area (Å²) in [6.45, 7) is 4.60. The summed E-state index contributed by atoms with van der Waals surface area (Å²) >= 11 is 0. The third-order valence-corrected chi connectivity index (χ3v) is 7.79. The molecule has 0 aliphatic carbocycles. The maximum atomic E-state index is 11.7. The van der Waals surface area contributed by atoms with Gasteiger partial charge in [-0.05, 0) is 38.5 Å². The molecule has 0 aromatic carbocycles. The molecule has 4 nitrogen and oxygen atoms in total. The lowest BCUT2D eigenvalue weighted by Crippen LogP contribution is -2.19. The molecule has 0 spiro atoms. The number of aliphatic carboxylic acids is 1. The first-order chi connectivity index (χ1) is 19.1. The predicted molar refractivity (Wildman–Crippen MR) is 167 cm³/mol. The average Bonchev–Trinajstić information content (AvgIpc) is 2.93. The lowest BCUT2D eigenvalue weighted by Gasteiger charge is -2.11. The van der Waals surface area contributed by atoms with Gasteiger partial charge < -0.3 is 9.84 Å². The number of unbranched alkanes of at least 4 members (excludes halogenated alkanes) is 22. The van der Waals surface area contributed by atoms with E-state index in [4.69, 9.17) is 4.74 Å². The number of carboxylic acids is 1. The Hall–Kier alpha value is -1.32. The molecule has 0 aliphatic heterocycles. The Morgan fingerprint density at radius 1 is 0.564 bits per heavy atom. The zero-order chi connectivity index (χ0) is 28.7. The van der Waals surface area contributed by atoms with Crippen LogP contribution in [0.2, 0.25) is 0 Å². The molecule has 0 radical (unpaired) electrons. The van der Waals surface area contributed by atoms with Crippen molar-refractivity contribution >= 4 is 11.9 Å². The van der Waals surface area contributed by atoms with Crippen LogP contribution in [-0.4, -0.2) is 23.7 Å². The highest BCUT2D eigenvalue weighted by molar-refractivity contribution is 5.78. The third kappa shape index (κ3) is 29.5. The molecule has 0 heterocycles. The molecule has 230 valence electrons. The van der Waals surface area contributed by atoms with Gasteiger partial charge in [0, 0.05) is 0 Å². The topological polar surface area (TPSA) is 63.6 Å². The first-order valence-corrected chi connectivity index (χ1v) is 17.1. The van der Waals surface area contributed by atoms with Gasteiger partial charge in [-0.2, -0.15) is 0 Å². The van der Waals surface area contributed by atoms with Crippen LogP contribution in [0, 0.1) is 5.92 Å². The second-order valence-corrected chi connectivity index (χ2v) is 11.7. The molecule has 1 unspecified atom stereocenters. The first kappa shape index (κ1) is 37.7. The zero-order valence-electron chi connectivity index (χ0n) is 26.2. The fourth-order valence-electron chi connectivity index (χ4n) is 5.19. The smallest absolute Gasteiger partial charge is 0.307 e. The number of ether oxygens (including phenoxy) is 1. The lowest BCUT2D eigenvalue weighted by molar-refractivity contribution is -0.151. The summed E-state index contributed by atoms with van der Waals surface area (Å²) in [7, 11) is 0. The van der Waals surface area contributed by atoms with Crippen LogP contribution in [-0.2, 0) is 14.3 Å². The van der Waals surface area contributed by atoms with Crippen molar-refractivity contribution in [1.82, 2.24) is 0 Å². The van der Waals surface area contributed by atoms with Crippen molar-refractivity contribution in [2.45, 2.75) is 187 Å². The van der Waals surface area contributed by atoms with Crippen LogP contribution in [0.5, 0.6) is 0 Å². The Morgan fingerprint density at radius 3 is 1.33 bits per heavy atom. The van der Waals surface area contributed by atoms with Gasteiger partial charge in [0.15, 0.2) is 0 Å². The summed E-state index contributed by atoms with van der Waals surface area (Å²) < 4.78 is 5.03. The average molecular weight is 551 g/mol. The molecule has 0 amide bonds. The van der Waals surface area contributed by atoms with Crippen LogP contribution in [0.4, 0.5) is 0 Å². The highest BCUT2D eigenvalue weighted by Crippen LogP contribution is 2.18. The van der Waals surface area contributed by atoms with Crippen molar-refractivity contribution in [3.63, 3.8) is 0 Å². The number of hydrogen-bond acceptors (Lipinski definition) is 3. The van der Waals surface area contributed by atoms with Crippen molar-refractivity contribution in [3.8, 4) is 0 Å². The molecule has 0 saturated carbocycles. The van der Waals surface area contributed by atoms with E-state index >= 15 is 0 Å². The molecule has 0 saturated heterocycles. The summed E-state index contributed by atoms with van der Waals surface area (Å²) in [6.07, 6.45) is 38.0. The van der Waals surface area contributed by atoms with Crippen molar-refractivity contribution in [2.75, 3.05) is 6.61 Å². The maximum absolute atomic E-state index is 11.7. The highest BCUT2D eigenvalue weighted by Gasteiger charge is 2.21. The van der Waals surface area contributed by atoms with Gasteiger partial charge in [0.05, 0.1) is 18.9 Å². The van der Waals surface area contributed by atoms with E-state index in [2.05, 4.69) is 19.1 Å². The molecular formula is C35H66O4. The summed E-state index contributed by atoms with van der Waals surface area (Å²) in [5.41, 5.74) is 0. The van der Waals surface area contributed by atoms with Gasteiger partial charge >= 0.3 is 11.9 Å². The van der Waals surface area contributed by atoms with E-state index in [9.17, 15) is 14.7 Å². The fourth-order valence-corrected chi connectivity index (χ4v) is 5.19. The van der Waals surface area contributed by atoms with E-state index in [1.807, 2.05) is 6.92 Å². The van der Waals surface area contributed by atoms with Crippen molar-refractivity contribution in [3.05, 3.63) is 12.2 Å². The molecule has 0 rings (SSSR count). The van der Waals surface area contributed by atoms with Crippen LogP contribution in [0.1, 0.15) is 187 Å². The van der Waals surface area contributed by atoms with E-state index in [1.54, 1.807) is 0 Å². The number of allylic oxidation sites excluding steroid dienone is 2. The van der Waals surface area contributed by atoms with Crippen molar-refractivity contribution < 1.29 is 19.4 Å². The van der Waals surface area contributed by atoms with E-state index in [1.165, 1.54) is 141 Å². The highest BCUT2D eigenvalue weighted by atomic mass is 16.5. The SMILES string of the molecule is CCCCCCCCCCC/C=C/CCCCCCCCCCCCCCCC(CC(=O)OCCC)C(=O)O. The van der Waals surface area contributed by atoms with Crippen LogP contribution in [0.25, 0.3) is 0 Å². The van der Waals surface area contributed by atoms with E-state index < -0.39 is 11.9 Å². The predicted octanol–water partition coefficient (Wildman–Crippen LogP) is 11.4. The molecule has 0 aliphatic rings. The molecule has 0 fully saturated rings. The molecule has 0 bridgehead atoms. The summed E-state index contributed by atoms with van der Waals surface area (Å²) in [5, 5.41) is 9.33. The Bertz CT molecular complexity index is 557. The largest absolute Gasteiger partial charge is 0.481 e. The number of hydrogen-bond donors (Lipinski definition) is 1. The fraction of sp³-hybridized carbons (Fsp3) is 0.886. The number of carbonyl (C=O) groups is 2. The molecule has 0 aromatic rings. The Kier molecular flexibility index (Phi) is 30.2. The molecule has 39 heavy (non-hydrogen) atoms. The number of carboxylic acid groups (broad SMARTS) is 1. The van der Waals surface area contributed by atoms with Crippen LogP contribution in [0.3, 0.4) is 0 Å². The Balaban J connectivity index is 3.32. The van der Waals surface area contributed by atoms with Crippen molar-refractivity contribution in [1.29, 1.82) is 0 Å². The minimum atomic E-state index is -0.875. The maximum Gasteiger partial charge on any atom is 0.307 e. The minimum Gasteiger partial charge on any atom is -0.481 e. The Morgan fingerprint density at radius 2 is 0.949 bits per heavy atom. The van der Waals surface area contributed by atoms with Gasteiger partial charge in [-0.3, -0.25) is 9.59 Å². The van der Waals surface area contributed by atoms with Gasteiger partial charge in [-0.25, -0.2) is 0 Å². The van der Waals surface area contributed by atoms with E-state index in [0.717, 1.165) is 19.3 Å². The minimum absolute atomic E-state index is 0.00578. The lowest BCUT2D eigenvalue weighted by atomic mass is 9.97. The van der Waals surface area contributed by atoms with E-state index in [0.29, 0.717) is 13.0 Å². The monoisotopic (exact) mass is 550 g/mol. The van der Waals surface area contributed by atoms with E-state index in [-0.39, 0.29) is 12.4 Å². The summed E-state index contributed by atoms with van der Waals surface area (Å²) in [4.78, 5) is 23.0. The second-order valence-electron chi connectivity index (χ2n) is 11.7. The standard InChI is InChI=1S/C35H66O4/c1-3-5-6-7-8-9-10-11-12-13-14-15-16-17-18-19-20-21-22-23-24-25-26-27-28-29-30-33(35(37)38)32-34(36)39-31-4-2/h14-15,33H,3-13,16-32H2,1-2H3,(H,37,38)/b15-14+. The number of esters is 1. The summed E-state index contributed by atoms with van der Waals surface area (Å²) in [6, 6.07) is 0. The molecule has 1 N–H and O–H groups in total. The molecule has 4 heteroatoms. The number of rotatable bonds is 31. The van der Waals surface area contributed by atoms with Crippen LogP contribution >= 0.6 is 0 Å². The summed E-state index contributed by atoms with van der Waals surface area (Å²) in [5.74, 6) is -1.85. The van der Waals surface area contributed by atoms with Gasteiger partial charge in [0.2, 0.25) is 0 Å². The molecular weight excluding hydrogens is 484 g/mol. The third-order valence-electron chi connectivity index (χ3n) is 7.79. The normalized spacial score (nSPS) is 12.3. The number of carbonyl (C=O) groups excluding carboxylic acids is 1. The van der Waals surface area contributed by atoms with Crippen LogP contribution in [0.15, 0.2) is 12.2 Å². The first-order valence-electron chi connectivity index (χ1n) is 17.1.